The highest BCUT2D eigenvalue weighted by molar-refractivity contribution is 9.10. The van der Waals surface area contributed by atoms with E-state index >= 15 is 0 Å². The predicted octanol–water partition coefficient (Wildman–Crippen LogP) is 0.934. The van der Waals surface area contributed by atoms with Crippen molar-refractivity contribution < 1.29 is 4.79 Å². The minimum atomic E-state index is -0.113. The molecule has 0 saturated carbocycles. The lowest BCUT2D eigenvalue weighted by Gasteiger charge is -2.24. The first-order valence-corrected chi connectivity index (χ1v) is 7.73. The Hall–Kier alpha value is -2.62. The Morgan fingerprint density at radius 1 is 1.39 bits per heavy atom. The van der Waals surface area contributed by atoms with Gasteiger partial charge >= 0.3 is 0 Å². The van der Waals surface area contributed by atoms with Crippen molar-refractivity contribution in [1.29, 1.82) is 0 Å². The van der Waals surface area contributed by atoms with E-state index in [0.717, 1.165) is 10.0 Å². The summed E-state index contributed by atoms with van der Waals surface area (Å²) in [6, 6.07) is 1.69. The Labute approximate surface area is 138 Å². The third-order valence-corrected chi connectivity index (χ3v) is 4.06. The number of aromatic nitrogens is 7. The van der Waals surface area contributed by atoms with Crippen LogP contribution in [0, 0.1) is 0 Å². The maximum absolute atomic E-state index is 12.6. The van der Waals surface area contributed by atoms with E-state index in [2.05, 4.69) is 46.6 Å². The molecule has 9 nitrogen and oxygen atoms in total. The highest BCUT2D eigenvalue weighted by Gasteiger charge is 2.22. The molecule has 23 heavy (non-hydrogen) atoms. The van der Waals surface area contributed by atoms with Gasteiger partial charge in [-0.15, -0.1) is 5.10 Å². The molecule has 0 atom stereocenters. The van der Waals surface area contributed by atoms with Crippen molar-refractivity contribution >= 4 is 33.1 Å². The average Bonchev–Trinajstić information content (AvgIpc) is 3.23. The van der Waals surface area contributed by atoms with Gasteiger partial charge in [-0.3, -0.25) is 4.79 Å². The lowest BCUT2D eigenvalue weighted by Crippen LogP contribution is -2.35. The fourth-order valence-corrected chi connectivity index (χ4v) is 2.78. The highest BCUT2D eigenvalue weighted by atomic mass is 79.9. The second-order valence-electron chi connectivity index (χ2n) is 5.08. The number of nitrogens with zero attached hydrogens (tertiary/aromatic N) is 7. The molecule has 3 aromatic heterocycles. The highest BCUT2D eigenvalue weighted by Crippen LogP contribution is 2.20. The molecule has 1 aliphatic heterocycles. The predicted molar refractivity (Wildman–Crippen MR) is 83.4 cm³/mol. The summed E-state index contributed by atoms with van der Waals surface area (Å²) in [4.78, 5) is 18.5. The fraction of sp³-hybridized carbons (Fsp3) is 0.231. The molecule has 4 heterocycles. The lowest BCUT2D eigenvalue weighted by atomic mass is 10.1. The Bertz CT molecular complexity index is 900. The van der Waals surface area contributed by atoms with Crippen molar-refractivity contribution in [2.24, 2.45) is 0 Å². The maximum Gasteiger partial charge on any atom is 0.274 e. The van der Waals surface area contributed by atoms with Crippen molar-refractivity contribution in [1.82, 2.24) is 40.1 Å². The van der Waals surface area contributed by atoms with Crippen LogP contribution in [0.4, 0.5) is 0 Å². The van der Waals surface area contributed by atoms with Crippen LogP contribution < -0.4 is 0 Å². The van der Waals surface area contributed by atoms with Crippen LogP contribution in [-0.4, -0.2) is 59.1 Å². The molecule has 1 amide bonds. The molecule has 4 rings (SSSR count). The normalized spacial score (nSPS) is 15.0. The minimum Gasteiger partial charge on any atom is -0.333 e. The van der Waals surface area contributed by atoms with Crippen molar-refractivity contribution in [2.45, 2.75) is 6.42 Å². The van der Waals surface area contributed by atoms with E-state index in [1.54, 1.807) is 27.9 Å². The molecule has 3 aromatic rings. The first kappa shape index (κ1) is 14.0. The first-order valence-electron chi connectivity index (χ1n) is 6.94. The van der Waals surface area contributed by atoms with Gasteiger partial charge in [-0.2, -0.15) is 5.10 Å². The van der Waals surface area contributed by atoms with Crippen molar-refractivity contribution in [2.75, 3.05) is 13.1 Å². The minimum absolute atomic E-state index is 0.113. The number of aromatic amines is 1. The molecule has 0 unspecified atom stereocenters. The van der Waals surface area contributed by atoms with Gasteiger partial charge in [-0.25, -0.2) is 14.6 Å². The standard InChI is InChI=1S/C13H11BrN8O/c14-9-6-15-11-5-10(18-22(11)7-9)13(23)21-3-1-8(2-4-21)12-16-19-20-17-12/h1,5-7H,2-4H2,(H,16,17,19,20). The fourth-order valence-electron chi connectivity index (χ4n) is 2.48. The Morgan fingerprint density at radius 3 is 3.04 bits per heavy atom. The van der Waals surface area contributed by atoms with E-state index in [9.17, 15) is 4.79 Å². The second kappa shape index (κ2) is 5.54. The van der Waals surface area contributed by atoms with E-state index in [1.807, 2.05) is 6.08 Å². The summed E-state index contributed by atoms with van der Waals surface area (Å²) < 4.78 is 2.39. The van der Waals surface area contributed by atoms with Gasteiger partial charge in [0.2, 0.25) is 0 Å². The smallest absolute Gasteiger partial charge is 0.274 e. The van der Waals surface area contributed by atoms with E-state index in [-0.39, 0.29) is 5.91 Å². The van der Waals surface area contributed by atoms with E-state index in [4.69, 9.17) is 0 Å². The third-order valence-electron chi connectivity index (χ3n) is 3.65. The summed E-state index contributed by atoms with van der Waals surface area (Å²) in [5, 5.41) is 18.0. The zero-order valence-corrected chi connectivity index (χ0v) is 13.4. The number of nitrogens with one attached hydrogen (secondary N) is 1. The Morgan fingerprint density at radius 2 is 2.30 bits per heavy atom. The van der Waals surface area contributed by atoms with Crippen molar-refractivity contribution in [3.05, 3.63) is 40.5 Å². The number of carbonyl (C=O) groups is 1. The summed E-state index contributed by atoms with van der Waals surface area (Å²) in [6.07, 6.45) is 6.09. The number of halogens is 1. The molecule has 0 spiro atoms. The van der Waals surface area contributed by atoms with Crippen LogP contribution in [0.5, 0.6) is 0 Å². The largest absolute Gasteiger partial charge is 0.333 e. The Kier molecular flexibility index (Phi) is 3.37. The topological polar surface area (TPSA) is 105 Å². The molecule has 0 aromatic carbocycles. The monoisotopic (exact) mass is 374 g/mol. The van der Waals surface area contributed by atoms with Crippen LogP contribution >= 0.6 is 15.9 Å². The number of carbonyl (C=O) groups excluding carboxylic acids is 1. The maximum atomic E-state index is 12.6. The van der Waals surface area contributed by atoms with Crippen LogP contribution in [0.1, 0.15) is 22.7 Å². The van der Waals surface area contributed by atoms with Gasteiger partial charge in [0.1, 0.15) is 0 Å². The first-order chi connectivity index (χ1) is 11.2. The van der Waals surface area contributed by atoms with Gasteiger partial charge in [0.15, 0.2) is 17.2 Å². The average molecular weight is 375 g/mol. The van der Waals surface area contributed by atoms with Gasteiger partial charge < -0.3 is 4.90 Å². The van der Waals surface area contributed by atoms with E-state index < -0.39 is 0 Å². The Balaban J connectivity index is 1.55. The number of hydrogen-bond acceptors (Lipinski definition) is 6. The molecule has 0 saturated heterocycles. The van der Waals surface area contributed by atoms with Crippen LogP contribution in [0.3, 0.4) is 0 Å². The van der Waals surface area contributed by atoms with Crippen LogP contribution in [0.15, 0.2) is 29.0 Å². The second-order valence-corrected chi connectivity index (χ2v) is 6.00. The van der Waals surface area contributed by atoms with Gasteiger partial charge in [0.25, 0.3) is 5.91 Å². The zero-order chi connectivity index (χ0) is 15.8. The number of rotatable bonds is 2. The van der Waals surface area contributed by atoms with E-state index in [1.165, 1.54) is 0 Å². The summed E-state index contributed by atoms with van der Waals surface area (Å²) >= 11 is 3.34. The molecular weight excluding hydrogens is 364 g/mol. The molecule has 116 valence electrons. The van der Waals surface area contributed by atoms with Gasteiger partial charge in [-0.1, -0.05) is 6.08 Å². The number of fused-ring (bicyclic) bond motifs is 1. The van der Waals surface area contributed by atoms with Crippen LogP contribution in [-0.2, 0) is 0 Å². The number of H-pyrrole nitrogens is 1. The SMILES string of the molecule is O=C(c1cc2ncc(Br)cn2n1)N1CC=C(c2nnn[nH]2)CC1. The van der Waals surface area contributed by atoms with Crippen molar-refractivity contribution in [3.8, 4) is 0 Å². The molecule has 0 radical (unpaired) electrons. The van der Waals surface area contributed by atoms with E-state index in [0.29, 0.717) is 36.7 Å². The molecule has 1 aliphatic rings. The molecular formula is C13H11BrN8O. The summed E-state index contributed by atoms with van der Waals surface area (Å²) in [6.45, 7) is 1.09. The molecule has 0 aliphatic carbocycles. The van der Waals surface area contributed by atoms with Gasteiger partial charge in [-0.05, 0) is 38.4 Å². The summed E-state index contributed by atoms with van der Waals surface area (Å²) in [5.41, 5.74) is 2.03. The number of hydrogen-bond donors (Lipinski definition) is 1. The molecule has 10 heteroatoms. The molecule has 0 bridgehead atoms. The summed E-state index contributed by atoms with van der Waals surface area (Å²) in [7, 11) is 0. The molecule has 1 N–H and O–H groups in total. The van der Waals surface area contributed by atoms with Crippen LogP contribution in [0.25, 0.3) is 11.2 Å². The number of amides is 1. The van der Waals surface area contributed by atoms with Gasteiger partial charge in [0, 0.05) is 31.5 Å². The quantitative estimate of drug-likeness (QED) is 0.715. The summed E-state index contributed by atoms with van der Waals surface area (Å²) in [5.74, 6) is 0.538. The van der Waals surface area contributed by atoms with Gasteiger partial charge in [0.05, 0.1) is 4.47 Å². The molecule has 0 fully saturated rings. The van der Waals surface area contributed by atoms with Crippen LogP contribution in [0.2, 0.25) is 0 Å². The zero-order valence-electron chi connectivity index (χ0n) is 11.8. The third kappa shape index (κ3) is 2.61. The lowest BCUT2D eigenvalue weighted by molar-refractivity contribution is 0.0766. The number of tetrazole rings is 1. The van der Waals surface area contributed by atoms with Crippen molar-refractivity contribution in [3.63, 3.8) is 0 Å².